The van der Waals surface area contributed by atoms with Gasteiger partial charge in [0, 0.05) is 0 Å². The Balaban J connectivity index is 3.76. The second-order valence-corrected chi connectivity index (χ2v) is 4.73. The minimum absolute atomic E-state index is 0.218. The molecule has 2 atom stereocenters. The summed E-state index contributed by atoms with van der Waals surface area (Å²) in [4.78, 5) is 0. The van der Waals surface area contributed by atoms with Crippen molar-refractivity contribution in [1.29, 1.82) is 0 Å². The molecule has 3 N–H and O–H groups in total. The molecule has 0 aliphatic rings. The number of hydrogen-bond acceptors (Lipinski definition) is 2. The fourth-order valence-electron chi connectivity index (χ4n) is 1.07. The largest absolute Gasteiger partial charge is 0.393 e. The molecule has 0 saturated carbocycles. The lowest BCUT2D eigenvalue weighted by molar-refractivity contribution is 0.105. The second kappa shape index (κ2) is 4.83. The van der Waals surface area contributed by atoms with Crippen molar-refractivity contribution in [2.45, 2.75) is 46.6 Å². The van der Waals surface area contributed by atoms with Gasteiger partial charge in [0.05, 0.1) is 6.10 Å². The standard InChI is InChI=1S/C10H23NO/c1-8(10(2,3)4)7-9(12)5-6-11/h8-9,12H,5-7,11H2,1-4H3. The Morgan fingerprint density at radius 1 is 1.33 bits per heavy atom. The van der Waals surface area contributed by atoms with Crippen molar-refractivity contribution in [3.8, 4) is 0 Å². The summed E-state index contributed by atoms with van der Waals surface area (Å²) in [5.74, 6) is 0.541. The molecule has 2 nitrogen and oxygen atoms in total. The molecule has 0 bridgehead atoms. The predicted octanol–water partition coefficient (Wildman–Crippen LogP) is 1.77. The third-order valence-corrected chi connectivity index (χ3v) is 2.60. The Bertz CT molecular complexity index is 117. The van der Waals surface area contributed by atoms with Crippen LogP contribution < -0.4 is 5.73 Å². The van der Waals surface area contributed by atoms with E-state index >= 15 is 0 Å². The van der Waals surface area contributed by atoms with Gasteiger partial charge in [0.25, 0.3) is 0 Å². The Kier molecular flexibility index (Phi) is 4.80. The van der Waals surface area contributed by atoms with Gasteiger partial charge in [-0.3, -0.25) is 0 Å². The Morgan fingerprint density at radius 3 is 2.17 bits per heavy atom. The summed E-state index contributed by atoms with van der Waals surface area (Å²) >= 11 is 0. The first-order valence-electron chi connectivity index (χ1n) is 4.76. The molecule has 0 saturated heterocycles. The zero-order chi connectivity index (χ0) is 9.78. The molecule has 0 radical (unpaired) electrons. The summed E-state index contributed by atoms with van der Waals surface area (Å²) in [6.45, 7) is 9.37. The molecule has 0 rings (SSSR count). The third-order valence-electron chi connectivity index (χ3n) is 2.60. The molecule has 0 aliphatic heterocycles. The molecule has 0 amide bonds. The number of aliphatic hydroxyl groups is 1. The zero-order valence-corrected chi connectivity index (χ0v) is 8.80. The Labute approximate surface area is 76.2 Å². The van der Waals surface area contributed by atoms with Crippen LogP contribution >= 0.6 is 0 Å². The monoisotopic (exact) mass is 173 g/mol. The van der Waals surface area contributed by atoms with Gasteiger partial charge in [-0.05, 0) is 30.7 Å². The molecular formula is C10H23NO. The maximum Gasteiger partial charge on any atom is 0.0555 e. The van der Waals surface area contributed by atoms with Crippen LogP contribution in [0.4, 0.5) is 0 Å². The Hall–Kier alpha value is -0.0800. The fraction of sp³-hybridized carbons (Fsp3) is 1.00. The molecule has 74 valence electrons. The van der Waals surface area contributed by atoms with Crippen LogP contribution in [0.1, 0.15) is 40.5 Å². The van der Waals surface area contributed by atoms with Crippen molar-refractivity contribution >= 4 is 0 Å². The molecular weight excluding hydrogens is 150 g/mol. The van der Waals surface area contributed by atoms with E-state index in [4.69, 9.17) is 5.73 Å². The van der Waals surface area contributed by atoms with Gasteiger partial charge < -0.3 is 10.8 Å². The van der Waals surface area contributed by atoms with Gasteiger partial charge in [0.1, 0.15) is 0 Å². The van der Waals surface area contributed by atoms with Crippen molar-refractivity contribution in [2.24, 2.45) is 17.1 Å². The van der Waals surface area contributed by atoms with E-state index in [-0.39, 0.29) is 11.5 Å². The molecule has 0 aromatic carbocycles. The molecule has 0 aromatic rings. The number of aliphatic hydroxyl groups excluding tert-OH is 1. The third kappa shape index (κ3) is 4.73. The number of nitrogens with two attached hydrogens (primary N) is 1. The highest BCUT2D eigenvalue weighted by Crippen LogP contribution is 2.29. The van der Waals surface area contributed by atoms with E-state index in [0.29, 0.717) is 12.5 Å². The van der Waals surface area contributed by atoms with Crippen LogP contribution in [0.2, 0.25) is 0 Å². The van der Waals surface area contributed by atoms with Gasteiger partial charge in [0.2, 0.25) is 0 Å². The highest BCUT2D eigenvalue weighted by Gasteiger charge is 2.22. The van der Waals surface area contributed by atoms with Crippen molar-refractivity contribution in [1.82, 2.24) is 0 Å². The van der Waals surface area contributed by atoms with Crippen molar-refractivity contribution in [3.05, 3.63) is 0 Å². The number of rotatable bonds is 4. The van der Waals surface area contributed by atoms with Gasteiger partial charge in [0.15, 0.2) is 0 Å². The SMILES string of the molecule is CC(CC(O)CCN)C(C)(C)C. The summed E-state index contributed by atoms with van der Waals surface area (Å²) in [7, 11) is 0. The molecule has 0 aliphatic carbocycles. The van der Waals surface area contributed by atoms with Gasteiger partial charge in [-0.25, -0.2) is 0 Å². The predicted molar refractivity (Wildman–Crippen MR) is 52.9 cm³/mol. The van der Waals surface area contributed by atoms with Gasteiger partial charge in [-0.2, -0.15) is 0 Å². The highest BCUT2D eigenvalue weighted by atomic mass is 16.3. The lowest BCUT2D eigenvalue weighted by Gasteiger charge is -2.28. The van der Waals surface area contributed by atoms with Crippen molar-refractivity contribution in [3.63, 3.8) is 0 Å². The minimum atomic E-state index is -0.218. The van der Waals surface area contributed by atoms with Crippen LogP contribution in [0.15, 0.2) is 0 Å². The molecule has 0 heterocycles. The lowest BCUT2D eigenvalue weighted by Crippen LogP contribution is -2.24. The minimum Gasteiger partial charge on any atom is -0.393 e. The summed E-state index contributed by atoms with van der Waals surface area (Å²) in [6.07, 6.45) is 1.37. The topological polar surface area (TPSA) is 46.2 Å². The lowest BCUT2D eigenvalue weighted by atomic mass is 9.78. The van der Waals surface area contributed by atoms with Crippen molar-refractivity contribution in [2.75, 3.05) is 6.54 Å². The first kappa shape index (κ1) is 11.9. The van der Waals surface area contributed by atoms with E-state index in [1.54, 1.807) is 0 Å². The normalized spacial score (nSPS) is 17.5. The average Bonchev–Trinajstić information content (AvgIpc) is 1.85. The van der Waals surface area contributed by atoms with Crippen LogP contribution in [0.25, 0.3) is 0 Å². The smallest absolute Gasteiger partial charge is 0.0555 e. The van der Waals surface area contributed by atoms with Gasteiger partial charge >= 0.3 is 0 Å². The van der Waals surface area contributed by atoms with E-state index in [0.717, 1.165) is 12.8 Å². The van der Waals surface area contributed by atoms with E-state index in [2.05, 4.69) is 27.7 Å². The maximum absolute atomic E-state index is 9.50. The number of hydrogen-bond donors (Lipinski definition) is 2. The van der Waals surface area contributed by atoms with Crippen LogP contribution in [-0.2, 0) is 0 Å². The Morgan fingerprint density at radius 2 is 1.83 bits per heavy atom. The van der Waals surface area contributed by atoms with Crippen LogP contribution in [0.5, 0.6) is 0 Å². The van der Waals surface area contributed by atoms with Crippen molar-refractivity contribution < 1.29 is 5.11 Å². The van der Waals surface area contributed by atoms with Gasteiger partial charge in [-0.15, -0.1) is 0 Å². The van der Waals surface area contributed by atoms with E-state index in [9.17, 15) is 5.11 Å². The van der Waals surface area contributed by atoms with E-state index in [1.165, 1.54) is 0 Å². The van der Waals surface area contributed by atoms with Gasteiger partial charge in [-0.1, -0.05) is 27.7 Å². The molecule has 0 spiro atoms. The first-order chi connectivity index (χ1) is 5.38. The first-order valence-corrected chi connectivity index (χ1v) is 4.76. The molecule has 0 fully saturated rings. The van der Waals surface area contributed by atoms with Crippen LogP contribution in [-0.4, -0.2) is 17.8 Å². The van der Waals surface area contributed by atoms with E-state index in [1.807, 2.05) is 0 Å². The van der Waals surface area contributed by atoms with E-state index < -0.39 is 0 Å². The molecule has 2 unspecified atom stereocenters. The summed E-state index contributed by atoms with van der Waals surface area (Å²) in [5.41, 5.74) is 5.64. The quantitative estimate of drug-likeness (QED) is 0.680. The van der Waals surface area contributed by atoms with Crippen LogP contribution in [0.3, 0.4) is 0 Å². The fourth-order valence-corrected chi connectivity index (χ4v) is 1.07. The highest BCUT2D eigenvalue weighted by molar-refractivity contribution is 4.73. The molecule has 12 heavy (non-hydrogen) atoms. The maximum atomic E-state index is 9.50. The molecule has 2 heteroatoms. The average molecular weight is 173 g/mol. The second-order valence-electron chi connectivity index (χ2n) is 4.73. The zero-order valence-electron chi connectivity index (χ0n) is 8.80. The summed E-state index contributed by atoms with van der Waals surface area (Å²) in [5, 5.41) is 9.50. The summed E-state index contributed by atoms with van der Waals surface area (Å²) < 4.78 is 0. The summed E-state index contributed by atoms with van der Waals surface area (Å²) in [6, 6.07) is 0. The molecule has 0 aromatic heterocycles. The van der Waals surface area contributed by atoms with Crippen LogP contribution in [0, 0.1) is 11.3 Å².